The van der Waals surface area contributed by atoms with Crippen molar-refractivity contribution >= 4 is 29.7 Å². The second kappa shape index (κ2) is 9.46. The van der Waals surface area contributed by atoms with Crippen LogP contribution in [0.4, 0.5) is 4.79 Å². The number of hydrogen-bond donors (Lipinski definition) is 2. The van der Waals surface area contributed by atoms with Crippen molar-refractivity contribution in [2.24, 2.45) is 0 Å². The van der Waals surface area contributed by atoms with Gasteiger partial charge in [0.25, 0.3) is 11.8 Å². The quantitative estimate of drug-likeness (QED) is 0.404. The fraction of sp³-hybridized carbons (Fsp3) is 0.389. The van der Waals surface area contributed by atoms with Gasteiger partial charge in [-0.1, -0.05) is 31.5 Å². The number of esters is 1. The van der Waals surface area contributed by atoms with Crippen LogP contribution in [-0.2, 0) is 25.5 Å². The molecule has 0 unspecified atom stereocenters. The normalized spacial score (nSPS) is 13.0. The van der Waals surface area contributed by atoms with E-state index in [0.29, 0.717) is 17.7 Å². The lowest BCUT2D eigenvalue weighted by Crippen LogP contribution is -2.46. The minimum Gasteiger partial charge on any atom is -0.454 e. The SMILES string of the molecule is CCCCNC(=O)NC(=O)COC(=O)CN1C(=O)Cc2ccccc2C1=O. The Labute approximate surface area is 156 Å². The molecule has 27 heavy (non-hydrogen) atoms. The molecule has 1 aromatic carbocycles. The van der Waals surface area contributed by atoms with Crippen molar-refractivity contribution < 1.29 is 28.7 Å². The number of amides is 5. The van der Waals surface area contributed by atoms with Gasteiger partial charge in [0.05, 0.1) is 6.42 Å². The van der Waals surface area contributed by atoms with Gasteiger partial charge in [-0.3, -0.25) is 29.4 Å². The number of nitrogens with one attached hydrogen (secondary N) is 2. The molecule has 2 N–H and O–H groups in total. The van der Waals surface area contributed by atoms with Gasteiger partial charge in [0, 0.05) is 12.1 Å². The molecule has 1 aliphatic heterocycles. The fourth-order valence-corrected chi connectivity index (χ4v) is 2.47. The number of ether oxygens (including phenoxy) is 1. The molecule has 2 rings (SSSR count). The van der Waals surface area contributed by atoms with Crippen LogP contribution in [0.15, 0.2) is 24.3 Å². The summed E-state index contributed by atoms with van der Waals surface area (Å²) in [5.74, 6) is -2.83. The summed E-state index contributed by atoms with van der Waals surface area (Å²) < 4.78 is 4.74. The Kier molecular flexibility index (Phi) is 7.04. The van der Waals surface area contributed by atoms with Crippen molar-refractivity contribution in [1.29, 1.82) is 0 Å². The van der Waals surface area contributed by atoms with Crippen LogP contribution in [0.2, 0.25) is 0 Å². The number of fused-ring (bicyclic) bond motifs is 1. The van der Waals surface area contributed by atoms with Gasteiger partial charge in [-0.05, 0) is 18.1 Å². The molecule has 9 nitrogen and oxygen atoms in total. The second-order valence-corrected chi connectivity index (χ2v) is 5.94. The van der Waals surface area contributed by atoms with Crippen LogP contribution in [0.25, 0.3) is 0 Å². The molecule has 5 amide bonds. The smallest absolute Gasteiger partial charge is 0.326 e. The summed E-state index contributed by atoms with van der Waals surface area (Å²) in [5.41, 5.74) is 0.956. The van der Waals surface area contributed by atoms with Gasteiger partial charge < -0.3 is 10.1 Å². The van der Waals surface area contributed by atoms with Gasteiger partial charge in [0.1, 0.15) is 6.54 Å². The number of imide groups is 2. The molecule has 0 bridgehead atoms. The number of urea groups is 1. The average Bonchev–Trinajstić information content (AvgIpc) is 2.63. The highest BCUT2D eigenvalue weighted by atomic mass is 16.5. The van der Waals surface area contributed by atoms with Crippen LogP contribution in [0.1, 0.15) is 35.7 Å². The van der Waals surface area contributed by atoms with Crippen LogP contribution >= 0.6 is 0 Å². The predicted octanol–water partition coefficient (Wildman–Crippen LogP) is 0.381. The first-order valence-electron chi connectivity index (χ1n) is 8.58. The predicted molar refractivity (Wildman–Crippen MR) is 93.6 cm³/mol. The van der Waals surface area contributed by atoms with Crippen LogP contribution < -0.4 is 10.6 Å². The third-order valence-corrected chi connectivity index (χ3v) is 3.86. The van der Waals surface area contributed by atoms with Crippen molar-refractivity contribution in [3.8, 4) is 0 Å². The van der Waals surface area contributed by atoms with E-state index >= 15 is 0 Å². The van der Waals surface area contributed by atoms with Gasteiger partial charge in [-0.15, -0.1) is 0 Å². The molecule has 0 aliphatic carbocycles. The van der Waals surface area contributed by atoms with E-state index in [2.05, 4.69) is 5.32 Å². The molecule has 1 heterocycles. The van der Waals surface area contributed by atoms with E-state index in [9.17, 15) is 24.0 Å². The summed E-state index contributed by atoms with van der Waals surface area (Å²) >= 11 is 0. The van der Waals surface area contributed by atoms with Gasteiger partial charge in [0.2, 0.25) is 5.91 Å². The first-order chi connectivity index (χ1) is 12.9. The number of carbonyl (C=O) groups is 5. The van der Waals surface area contributed by atoms with Crippen molar-refractivity contribution in [1.82, 2.24) is 15.5 Å². The topological polar surface area (TPSA) is 122 Å². The highest BCUT2D eigenvalue weighted by molar-refractivity contribution is 6.11. The molecule has 0 atom stereocenters. The van der Waals surface area contributed by atoms with Crippen LogP contribution in [0.5, 0.6) is 0 Å². The summed E-state index contributed by atoms with van der Waals surface area (Å²) in [5, 5.41) is 4.49. The zero-order valence-corrected chi connectivity index (χ0v) is 14.9. The molecule has 1 aromatic rings. The van der Waals surface area contributed by atoms with Gasteiger partial charge in [-0.2, -0.15) is 0 Å². The second-order valence-electron chi connectivity index (χ2n) is 5.94. The Hall–Kier alpha value is -3.23. The van der Waals surface area contributed by atoms with E-state index in [1.165, 1.54) is 0 Å². The zero-order valence-electron chi connectivity index (χ0n) is 14.9. The lowest BCUT2D eigenvalue weighted by molar-refractivity contribution is -0.151. The van der Waals surface area contributed by atoms with Crippen molar-refractivity contribution in [2.75, 3.05) is 19.7 Å². The van der Waals surface area contributed by atoms with Crippen LogP contribution in [0.3, 0.4) is 0 Å². The molecule has 0 spiro atoms. The zero-order chi connectivity index (χ0) is 19.8. The number of benzene rings is 1. The molecular weight excluding hydrogens is 354 g/mol. The lowest BCUT2D eigenvalue weighted by atomic mass is 9.98. The lowest BCUT2D eigenvalue weighted by Gasteiger charge is -2.25. The number of nitrogens with zero attached hydrogens (tertiary/aromatic N) is 1. The number of unbranched alkanes of at least 4 members (excludes halogenated alkanes) is 1. The first-order valence-corrected chi connectivity index (χ1v) is 8.58. The number of hydrogen-bond acceptors (Lipinski definition) is 6. The molecule has 0 radical (unpaired) electrons. The summed E-state index contributed by atoms with van der Waals surface area (Å²) in [7, 11) is 0. The summed E-state index contributed by atoms with van der Waals surface area (Å²) in [6, 6.07) is 5.96. The molecule has 9 heteroatoms. The van der Waals surface area contributed by atoms with E-state index in [0.717, 1.165) is 17.7 Å². The third kappa shape index (κ3) is 5.63. The van der Waals surface area contributed by atoms with E-state index in [-0.39, 0.29) is 6.42 Å². The molecule has 0 aromatic heterocycles. The monoisotopic (exact) mass is 375 g/mol. The minimum atomic E-state index is -0.919. The maximum atomic E-state index is 12.3. The van der Waals surface area contributed by atoms with E-state index in [4.69, 9.17) is 4.74 Å². The molecule has 144 valence electrons. The number of carbonyl (C=O) groups excluding carboxylic acids is 5. The van der Waals surface area contributed by atoms with Crippen LogP contribution in [-0.4, -0.2) is 54.3 Å². The Balaban J connectivity index is 1.80. The fourth-order valence-electron chi connectivity index (χ4n) is 2.47. The molecular formula is C18H21N3O6. The summed E-state index contributed by atoms with van der Waals surface area (Å²) in [4.78, 5) is 60.1. The Morgan fingerprint density at radius 2 is 1.93 bits per heavy atom. The van der Waals surface area contributed by atoms with Gasteiger partial charge >= 0.3 is 12.0 Å². The van der Waals surface area contributed by atoms with Crippen molar-refractivity contribution in [3.63, 3.8) is 0 Å². The standard InChI is InChI=1S/C18H21N3O6/c1-2-3-8-19-18(26)20-14(22)11-27-16(24)10-21-15(23)9-12-6-4-5-7-13(12)17(21)25/h4-7H,2-3,8-11H2,1H3,(H2,19,20,22,26). The number of rotatable bonds is 7. The molecule has 0 saturated heterocycles. The van der Waals surface area contributed by atoms with Crippen molar-refractivity contribution in [2.45, 2.75) is 26.2 Å². The average molecular weight is 375 g/mol. The Bertz CT molecular complexity index is 761. The van der Waals surface area contributed by atoms with E-state index in [1.54, 1.807) is 24.3 Å². The first kappa shape index (κ1) is 20.1. The molecule has 1 aliphatic rings. The highest BCUT2D eigenvalue weighted by Crippen LogP contribution is 2.19. The summed E-state index contributed by atoms with van der Waals surface area (Å²) in [6.07, 6.45) is 1.68. The van der Waals surface area contributed by atoms with Crippen molar-refractivity contribution in [3.05, 3.63) is 35.4 Å². The minimum absolute atomic E-state index is 0.00755. The maximum Gasteiger partial charge on any atom is 0.326 e. The van der Waals surface area contributed by atoms with Gasteiger partial charge in [-0.25, -0.2) is 4.79 Å². The van der Waals surface area contributed by atoms with Crippen LogP contribution in [0, 0.1) is 0 Å². The molecule has 0 saturated carbocycles. The maximum absolute atomic E-state index is 12.3. The largest absolute Gasteiger partial charge is 0.454 e. The highest BCUT2D eigenvalue weighted by Gasteiger charge is 2.32. The Morgan fingerprint density at radius 3 is 2.67 bits per heavy atom. The van der Waals surface area contributed by atoms with E-state index < -0.39 is 42.9 Å². The third-order valence-electron chi connectivity index (χ3n) is 3.86. The van der Waals surface area contributed by atoms with Gasteiger partial charge in [0.15, 0.2) is 6.61 Å². The summed E-state index contributed by atoms with van der Waals surface area (Å²) in [6.45, 7) is 1.10. The Morgan fingerprint density at radius 1 is 1.19 bits per heavy atom. The van der Waals surface area contributed by atoms with E-state index in [1.807, 2.05) is 12.2 Å². The molecule has 0 fully saturated rings.